The molecule has 13 nitrogen and oxygen atoms in total. The van der Waals surface area contributed by atoms with Gasteiger partial charge in [-0.25, -0.2) is 4.98 Å². The van der Waals surface area contributed by atoms with Gasteiger partial charge in [0.25, 0.3) is 0 Å². The summed E-state index contributed by atoms with van der Waals surface area (Å²) < 4.78 is 5.13. The number of benzene rings is 1. The lowest BCUT2D eigenvalue weighted by molar-refractivity contribution is 0.263. The third-order valence-electron chi connectivity index (χ3n) is 8.84. The number of nitrogen functional groups attached to an aromatic ring is 2. The summed E-state index contributed by atoms with van der Waals surface area (Å²) in [6.07, 6.45) is 4.30. The summed E-state index contributed by atoms with van der Waals surface area (Å²) in [6, 6.07) is 16.5. The Hall–Kier alpha value is -4.88. The van der Waals surface area contributed by atoms with E-state index in [-0.39, 0.29) is 0 Å². The van der Waals surface area contributed by atoms with Crippen molar-refractivity contribution in [2.75, 3.05) is 69.5 Å². The predicted octanol–water partition coefficient (Wildman–Crippen LogP) is 4.21. The van der Waals surface area contributed by atoms with E-state index in [1.54, 1.807) is 13.2 Å². The third kappa shape index (κ3) is 7.75. The van der Waals surface area contributed by atoms with Crippen molar-refractivity contribution in [2.24, 2.45) is 0 Å². The summed E-state index contributed by atoms with van der Waals surface area (Å²) in [7, 11) is 5.87. The van der Waals surface area contributed by atoms with Gasteiger partial charge in [0.1, 0.15) is 11.6 Å². The van der Waals surface area contributed by atoms with Gasteiger partial charge < -0.3 is 36.6 Å². The zero-order valence-corrected chi connectivity index (χ0v) is 27.6. The Labute approximate surface area is 275 Å². The maximum absolute atomic E-state index is 6.23. The molecule has 2 aliphatic rings. The maximum atomic E-state index is 6.23. The first-order chi connectivity index (χ1) is 22.7. The van der Waals surface area contributed by atoms with E-state index in [2.05, 4.69) is 71.6 Å². The second-order valence-corrected chi connectivity index (χ2v) is 12.4. The van der Waals surface area contributed by atoms with Crippen LogP contribution in [0.25, 0.3) is 33.3 Å². The van der Waals surface area contributed by atoms with Gasteiger partial charge in [0, 0.05) is 23.7 Å². The molecule has 13 heteroatoms. The Morgan fingerprint density at radius 2 is 1.28 bits per heavy atom. The van der Waals surface area contributed by atoms with Crippen LogP contribution >= 0.6 is 0 Å². The minimum Gasteiger partial charge on any atom is -0.481 e. The first-order valence-corrected chi connectivity index (χ1v) is 16.1. The first-order valence-electron chi connectivity index (χ1n) is 16.1. The SMILES string of the molecule is COc1ccc2c(N)nc(NC3CCN(C)CC3)nc2n1.Cc1cc(-c2ccccc2)nc2nc(NC3CCN(C)CC3)nc(N)c12. The van der Waals surface area contributed by atoms with Gasteiger partial charge in [0.05, 0.1) is 23.6 Å². The van der Waals surface area contributed by atoms with E-state index in [9.17, 15) is 0 Å². The molecule has 0 spiro atoms. The van der Waals surface area contributed by atoms with Crippen LogP contribution < -0.4 is 26.8 Å². The molecule has 0 aliphatic carbocycles. The molecular weight excluding hydrogens is 592 g/mol. The number of nitrogens with one attached hydrogen (secondary N) is 2. The number of nitrogens with two attached hydrogens (primary N) is 2. The van der Waals surface area contributed by atoms with Crippen molar-refractivity contribution in [3.63, 3.8) is 0 Å². The van der Waals surface area contributed by atoms with Gasteiger partial charge in [-0.2, -0.15) is 24.9 Å². The molecule has 0 radical (unpaired) electrons. The smallest absolute Gasteiger partial charge is 0.226 e. The molecule has 0 saturated carbocycles. The molecule has 2 aliphatic heterocycles. The zero-order chi connectivity index (χ0) is 32.9. The van der Waals surface area contributed by atoms with Crippen LogP contribution in [0.15, 0.2) is 48.5 Å². The Kier molecular flexibility index (Phi) is 9.73. The lowest BCUT2D eigenvalue weighted by atomic mass is 10.1. The standard InChI is InChI=1S/C20H24N6.C14H20N6O/c1-13-12-16(14-6-4-3-5-7-14)23-19-17(13)18(21)24-20(25-19)22-15-8-10-26(2)11-9-15;1-20-7-5-9(6-8-20)16-14-18-12(15)10-3-4-11(21-2)17-13(10)19-14/h3-7,12,15H,8-11H2,1-2H3,(H3,21,22,23,24,25);3-4,9H,5-8H2,1-2H3,(H3,15,16,17,18,19). The van der Waals surface area contributed by atoms with Crippen molar-refractivity contribution in [3.05, 3.63) is 54.1 Å². The number of fused-ring (bicyclic) bond motifs is 2. The molecule has 7 rings (SSSR count). The fraction of sp³-hybridized carbons (Fsp3) is 0.412. The molecule has 4 aromatic heterocycles. The zero-order valence-electron chi connectivity index (χ0n) is 27.6. The number of pyridine rings is 2. The number of aromatic nitrogens is 6. The average Bonchev–Trinajstić information content (AvgIpc) is 3.07. The van der Waals surface area contributed by atoms with Gasteiger partial charge >= 0.3 is 0 Å². The minimum absolute atomic E-state index is 0.376. The highest BCUT2D eigenvalue weighted by Crippen LogP contribution is 2.28. The maximum Gasteiger partial charge on any atom is 0.226 e. The van der Waals surface area contributed by atoms with E-state index in [1.807, 2.05) is 37.3 Å². The molecule has 246 valence electrons. The van der Waals surface area contributed by atoms with Gasteiger partial charge in [-0.05, 0) is 90.6 Å². The molecule has 0 amide bonds. The Morgan fingerprint density at radius 3 is 1.87 bits per heavy atom. The Morgan fingerprint density at radius 1 is 0.702 bits per heavy atom. The molecular formula is C34H44N12O. The fourth-order valence-corrected chi connectivity index (χ4v) is 6.04. The molecule has 6 heterocycles. The van der Waals surface area contributed by atoms with Crippen molar-refractivity contribution in [1.29, 1.82) is 0 Å². The molecule has 0 bridgehead atoms. The van der Waals surface area contributed by atoms with Crippen molar-refractivity contribution in [3.8, 4) is 17.1 Å². The van der Waals surface area contributed by atoms with Crippen LogP contribution in [-0.2, 0) is 0 Å². The molecule has 6 N–H and O–H groups in total. The summed E-state index contributed by atoms with van der Waals surface area (Å²) in [4.78, 5) is 31.7. The average molecular weight is 637 g/mol. The lowest BCUT2D eigenvalue weighted by Crippen LogP contribution is -2.37. The number of anilines is 4. The number of piperidine rings is 2. The molecule has 2 fully saturated rings. The Balaban J connectivity index is 0.000000168. The van der Waals surface area contributed by atoms with Crippen LogP contribution in [0, 0.1) is 6.92 Å². The molecule has 0 unspecified atom stereocenters. The molecule has 2 saturated heterocycles. The molecule has 1 aromatic carbocycles. The minimum atomic E-state index is 0.376. The molecule has 5 aromatic rings. The number of nitrogens with zero attached hydrogens (tertiary/aromatic N) is 8. The number of rotatable bonds is 6. The van der Waals surface area contributed by atoms with Crippen molar-refractivity contribution >= 4 is 45.6 Å². The quantitative estimate of drug-likeness (QED) is 0.209. The lowest BCUT2D eigenvalue weighted by Gasteiger charge is -2.29. The van der Waals surface area contributed by atoms with Crippen LogP contribution in [0.1, 0.15) is 31.2 Å². The topological polar surface area (TPSA) is 169 Å². The van der Waals surface area contributed by atoms with Gasteiger partial charge in [-0.1, -0.05) is 30.3 Å². The van der Waals surface area contributed by atoms with Crippen molar-refractivity contribution in [2.45, 2.75) is 44.7 Å². The number of aryl methyl sites for hydroxylation is 1. The highest BCUT2D eigenvalue weighted by molar-refractivity contribution is 5.91. The van der Waals surface area contributed by atoms with E-state index in [0.29, 0.717) is 52.8 Å². The second kappa shape index (κ2) is 14.3. The van der Waals surface area contributed by atoms with Gasteiger partial charge in [0.15, 0.2) is 11.3 Å². The fourth-order valence-electron chi connectivity index (χ4n) is 6.04. The highest BCUT2D eigenvalue weighted by atomic mass is 16.5. The van der Waals surface area contributed by atoms with Crippen molar-refractivity contribution in [1.82, 2.24) is 39.7 Å². The van der Waals surface area contributed by atoms with Crippen LogP contribution in [0.4, 0.5) is 23.5 Å². The van der Waals surface area contributed by atoms with E-state index in [1.165, 1.54) is 0 Å². The van der Waals surface area contributed by atoms with E-state index >= 15 is 0 Å². The van der Waals surface area contributed by atoms with Gasteiger partial charge in [-0.15, -0.1) is 0 Å². The Bertz CT molecular complexity index is 1820. The number of methoxy groups -OCH3 is 1. The second-order valence-electron chi connectivity index (χ2n) is 12.4. The number of ether oxygens (including phenoxy) is 1. The monoisotopic (exact) mass is 636 g/mol. The predicted molar refractivity (Wildman–Crippen MR) is 188 cm³/mol. The summed E-state index contributed by atoms with van der Waals surface area (Å²) in [5.74, 6) is 2.54. The van der Waals surface area contributed by atoms with Crippen LogP contribution in [0.5, 0.6) is 5.88 Å². The van der Waals surface area contributed by atoms with E-state index < -0.39 is 0 Å². The first kappa shape index (κ1) is 32.1. The van der Waals surface area contributed by atoms with Crippen molar-refractivity contribution < 1.29 is 4.74 Å². The largest absolute Gasteiger partial charge is 0.481 e. The highest BCUT2D eigenvalue weighted by Gasteiger charge is 2.20. The summed E-state index contributed by atoms with van der Waals surface area (Å²) in [6.45, 7) is 6.34. The van der Waals surface area contributed by atoms with E-state index in [0.717, 1.165) is 79.5 Å². The normalized spacial score (nSPS) is 16.5. The number of hydrogen-bond acceptors (Lipinski definition) is 13. The van der Waals surface area contributed by atoms with Crippen LogP contribution in [0.3, 0.4) is 0 Å². The molecule has 47 heavy (non-hydrogen) atoms. The number of likely N-dealkylation sites (tertiary alicyclic amines) is 2. The van der Waals surface area contributed by atoms with Gasteiger partial charge in [0.2, 0.25) is 17.8 Å². The number of hydrogen-bond donors (Lipinski definition) is 4. The summed E-state index contributed by atoms with van der Waals surface area (Å²) in [5, 5.41) is 8.38. The summed E-state index contributed by atoms with van der Waals surface area (Å²) >= 11 is 0. The summed E-state index contributed by atoms with van der Waals surface area (Å²) in [5.41, 5.74) is 16.4. The van der Waals surface area contributed by atoms with Crippen LogP contribution in [-0.4, -0.2) is 99.2 Å². The van der Waals surface area contributed by atoms with Crippen LogP contribution in [0.2, 0.25) is 0 Å². The molecule has 0 atom stereocenters. The van der Waals surface area contributed by atoms with E-state index in [4.69, 9.17) is 21.2 Å². The van der Waals surface area contributed by atoms with Gasteiger partial charge in [-0.3, -0.25) is 0 Å². The third-order valence-corrected chi connectivity index (χ3v) is 8.84.